The highest BCUT2D eigenvalue weighted by molar-refractivity contribution is 7.79. The zero-order valence-electron chi connectivity index (χ0n) is 9.83. The second-order valence-electron chi connectivity index (χ2n) is 4.71. The van der Waals surface area contributed by atoms with Gasteiger partial charge in [-0.1, -0.05) is 0 Å². The van der Waals surface area contributed by atoms with Crippen LogP contribution in [0.3, 0.4) is 0 Å². The minimum Gasteiger partial charge on any atom is -0.444 e. The number of carbonyl (C=O) groups is 1. The fourth-order valence-corrected chi connectivity index (χ4v) is 1.57. The molecule has 0 atom stereocenters. The highest BCUT2D eigenvalue weighted by Gasteiger charge is 2.26. The Labute approximate surface area is 100 Å². The number of ether oxygens (including phenoxy) is 1. The largest absolute Gasteiger partial charge is 0.444 e. The average molecular weight is 248 g/mol. The Bertz CT molecular complexity index is 283. The minimum atomic E-state index is -0.608. The van der Waals surface area contributed by atoms with E-state index in [1.54, 1.807) is 4.90 Å². The highest BCUT2D eigenvalue weighted by Crippen LogP contribution is 2.12. The summed E-state index contributed by atoms with van der Waals surface area (Å²) in [4.78, 5) is 14.7. The van der Waals surface area contributed by atoms with Crippen LogP contribution in [0.1, 0.15) is 20.8 Å². The molecule has 0 unspecified atom stereocenters. The Morgan fingerprint density at radius 2 is 1.62 bits per heavy atom. The van der Waals surface area contributed by atoms with Crippen molar-refractivity contribution >= 4 is 23.6 Å². The number of halogens is 1. The van der Waals surface area contributed by atoms with Crippen molar-refractivity contribution in [2.45, 2.75) is 26.4 Å². The molecule has 16 heavy (non-hydrogen) atoms. The molecule has 0 bridgehead atoms. The Hall–Kier alpha value is -0.910. The molecule has 0 aliphatic carbocycles. The van der Waals surface area contributed by atoms with Crippen LogP contribution in [0.2, 0.25) is 0 Å². The molecule has 6 heteroatoms. The third kappa shape index (κ3) is 3.92. The molecule has 0 aromatic rings. The number of hydrogen-bond acceptors (Lipinski definition) is 3. The molecular formula is C10H17FN2O2S. The molecule has 1 saturated heterocycles. The van der Waals surface area contributed by atoms with Gasteiger partial charge in [0, 0.05) is 26.2 Å². The molecule has 4 nitrogen and oxygen atoms in total. The number of nitrogens with zero attached hydrogens (tertiary/aromatic N) is 2. The Kier molecular flexibility index (Phi) is 4.07. The van der Waals surface area contributed by atoms with Crippen molar-refractivity contribution in [3.63, 3.8) is 0 Å². The summed E-state index contributed by atoms with van der Waals surface area (Å²) < 4.78 is 17.9. The summed E-state index contributed by atoms with van der Waals surface area (Å²) in [6.07, 6.45) is -0.350. The molecule has 1 aliphatic rings. The minimum absolute atomic E-state index is 0.350. The molecule has 1 aliphatic heterocycles. The molecule has 92 valence electrons. The summed E-state index contributed by atoms with van der Waals surface area (Å²) >= 11 is 4.43. The SMILES string of the molecule is CC(C)(C)OC(=O)N1CCN(C(F)=S)CC1. The smallest absolute Gasteiger partial charge is 0.410 e. The number of thiocarbonyl (C=S) groups is 1. The van der Waals surface area contributed by atoms with Crippen LogP contribution in [0.15, 0.2) is 0 Å². The van der Waals surface area contributed by atoms with Crippen LogP contribution < -0.4 is 0 Å². The van der Waals surface area contributed by atoms with Gasteiger partial charge < -0.3 is 14.5 Å². The van der Waals surface area contributed by atoms with Crippen LogP contribution >= 0.6 is 12.2 Å². The lowest BCUT2D eigenvalue weighted by molar-refractivity contribution is 0.0184. The van der Waals surface area contributed by atoms with Crippen molar-refractivity contribution in [3.05, 3.63) is 0 Å². The third-order valence-electron chi connectivity index (χ3n) is 2.18. The van der Waals surface area contributed by atoms with E-state index in [1.807, 2.05) is 20.8 Å². The molecule has 0 spiro atoms. The van der Waals surface area contributed by atoms with Gasteiger partial charge in [0.2, 0.25) is 0 Å². The third-order valence-corrected chi connectivity index (χ3v) is 2.44. The van der Waals surface area contributed by atoms with Crippen molar-refractivity contribution in [2.24, 2.45) is 0 Å². The maximum absolute atomic E-state index is 12.7. The van der Waals surface area contributed by atoms with Crippen molar-refractivity contribution in [1.29, 1.82) is 0 Å². The lowest BCUT2D eigenvalue weighted by Gasteiger charge is -2.34. The van der Waals surface area contributed by atoms with Crippen molar-refractivity contribution in [2.75, 3.05) is 26.2 Å². The molecule has 0 radical (unpaired) electrons. The highest BCUT2D eigenvalue weighted by atomic mass is 32.1. The first-order chi connectivity index (χ1) is 7.29. The number of rotatable bonds is 0. The molecule has 1 fully saturated rings. The lowest BCUT2D eigenvalue weighted by Crippen LogP contribution is -2.50. The second kappa shape index (κ2) is 4.95. The van der Waals surface area contributed by atoms with Gasteiger partial charge in [0.1, 0.15) is 5.60 Å². The van der Waals surface area contributed by atoms with Gasteiger partial charge in [0.25, 0.3) is 5.24 Å². The molecule has 1 amide bonds. The first kappa shape index (κ1) is 13.2. The average Bonchev–Trinajstić information content (AvgIpc) is 2.15. The maximum atomic E-state index is 12.7. The predicted molar refractivity (Wildman–Crippen MR) is 63.1 cm³/mol. The molecule has 1 heterocycles. The number of hydrogen-bond donors (Lipinski definition) is 0. The monoisotopic (exact) mass is 248 g/mol. The van der Waals surface area contributed by atoms with E-state index >= 15 is 0 Å². The zero-order chi connectivity index (χ0) is 12.3. The van der Waals surface area contributed by atoms with E-state index in [0.29, 0.717) is 26.2 Å². The van der Waals surface area contributed by atoms with E-state index in [0.717, 1.165) is 0 Å². The first-order valence-electron chi connectivity index (χ1n) is 5.22. The normalized spacial score (nSPS) is 17.2. The molecule has 0 aromatic heterocycles. The fourth-order valence-electron chi connectivity index (χ4n) is 1.39. The van der Waals surface area contributed by atoms with E-state index in [4.69, 9.17) is 4.74 Å². The standard InChI is InChI=1S/C10H17FN2O2S/c1-10(2,3)15-9(14)13-6-4-12(5-7-13)8(11)16/h4-7H2,1-3H3. The second-order valence-corrected chi connectivity index (χ2v) is 5.04. The summed E-state index contributed by atoms with van der Waals surface area (Å²) in [7, 11) is 0. The maximum Gasteiger partial charge on any atom is 0.410 e. The Morgan fingerprint density at radius 3 is 2.00 bits per heavy atom. The van der Waals surface area contributed by atoms with Gasteiger partial charge in [0.15, 0.2) is 0 Å². The summed E-state index contributed by atoms with van der Waals surface area (Å²) in [5.74, 6) is 0. The Morgan fingerprint density at radius 1 is 1.19 bits per heavy atom. The van der Waals surface area contributed by atoms with Crippen LogP contribution in [0, 0.1) is 0 Å². The van der Waals surface area contributed by atoms with Gasteiger partial charge in [-0.05, 0) is 33.0 Å². The van der Waals surface area contributed by atoms with Gasteiger partial charge in [-0.3, -0.25) is 0 Å². The number of piperazine rings is 1. The lowest BCUT2D eigenvalue weighted by atomic mass is 10.2. The molecule has 1 rings (SSSR count). The van der Waals surface area contributed by atoms with E-state index in [9.17, 15) is 9.18 Å². The quantitative estimate of drug-likeness (QED) is 0.372. The van der Waals surface area contributed by atoms with Crippen LogP contribution in [0.25, 0.3) is 0 Å². The van der Waals surface area contributed by atoms with Crippen LogP contribution in [-0.2, 0) is 4.74 Å². The Balaban J connectivity index is 2.42. The molecule has 0 N–H and O–H groups in total. The molecular weight excluding hydrogens is 231 g/mol. The zero-order valence-corrected chi connectivity index (χ0v) is 10.6. The summed E-state index contributed by atoms with van der Waals surface area (Å²) in [6, 6.07) is 0. The van der Waals surface area contributed by atoms with E-state index in [1.165, 1.54) is 4.90 Å². The molecule has 0 aromatic carbocycles. The van der Waals surface area contributed by atoms with E-state index in [-0.39, 0.29) is 6.09 Å². The van der Waals surface area contributed by atoms with Gasteiger partial charge in [0.05, 0.1) is 0 Å². The van der Waals surface area contributed by atoms with Gasteiger partial charge >= 0.3 is 6.09 Å². The van der Waals surface area contributed by atoms with Gasteiger partial charge in [-0.25, -0.2) is 4.79 Å². The van der Waals surface area contributed by atoms with Crippen LogP contribution in [-0.4, -0.2) is 52.9 Å². The fraction of sp³-hybridized carbons (Fsp3) is 0.800. The van der Waals surface area contributed by atoms with Gasteiger partial charge in [-0.15, -0.1) is 0 Å². The first-order valence-corrected chi connectivity index (χ1v) is 5.63. The summed E-state index contributed by atoms with van der Waals surface area (Å²) in [5, 5.41) is -0.608. The van der Waals surface area contributed by atoms with E-state index in [2.05, 4.69) is 12.2 Å². The molecule has 0 saturated carbocycles. The number of amides is 1. The van der Waals surface area contributed by atoms with Crippen molar-refractivity contribution in [3.8, 4) is 0 Å². The van der Waals surface area contributed by atoms with Crippen molar-refractivity contribution in [1.82, 2.24) is 9.80 Å². The van der Waals surface area contributed by atoms with Crippen molar-refractivity contribution < 1.29 is 13.9 Å². The number of carbonyl (C=O) groups excluding carboxylic acids is 1. The van der Waals surface area contributed by atoms with E-state index < -0.39 is 10.8 Å². The van der Waals surface area contributed by atoms with Crippen LogP contribution in [0.4, 0.5) is 9.18 Å². The summed E-state index contributed by atoms with van der Waals surface area (Å²) in [5.41, 5.74) is -0.496. The summed E-state index contributed by atoms with van der Waals surface area (Å²) in [6.45, 7) is 7.19. The topological polar surface area (TPSA) is 32.8 Å². The predicted octanol–water partition coefficient (Wildman–Crippen LogP) is 1.79. The van der Waals surface area contributed by atoms with Gasteiger partial charge in [-0.2, -0.15) is 4.39 Å². The van der Waals surface area contributed by atoms with Crippen LogP contribution in [0.5, 0.6) is 0 Å².